The van der Waals surface area contributed by atoms with E-state index in [1.165, 1.54) is 4.57 Å². The summed E-state index contributed by atoms with van der Waals surface area (Å²) in [6, 6.07) is 10.7. The average Bonchev–Trinajstić information content (AvgIpc) is 2.81. The summed E-state index contributed by atoms with van der Waals surface area (Å²) in [5.74, 6) is 0.508. The molecule has 3 aromatic rings. The van der Waals surface area contributed by atoms with Gasteiger partial charge in [0.1, 0.15) is 12.4 Å². The molecule has 1 heterocycles. The first-order valence-corrected chi connectivity index (χ1v) is 8.00. The third-order valence-electron chi connectivity index (χ3n) is 3.78. The van der Waals surface area contributed by atoms with Crippen LogP contribution in [0.4, 0.5) is 5.69 Å². The SMILES string of the molecule is Cc1ccccc1OCCn1c(O)c(N=O)c2cc(Cl)cc(Cl)c21. The van der Waals surface area contributed by atoms with E-state index in [4.69, 9.17) is 27.9 Å². The fourth-order valence-corrected chi connectivity index (χ4v) is 3.24. The first kappa shape index (κ1) is 16.6. The third kappa shape index (κ3) is 2.92. The maximum atomic E-state index is 11.1. The summed E-state index contributed by atoms with van der Waals surface area (Å²) < 4.78 is 7.24. The Labute approximate surface area is 148 Å². The zero-order valence-corrected chi connectivity index (χ0v) is 14.3. The molecule has 124 valence electrons. The molecule has 1 N–H and O–H groups in total. The van der Waals surface area contributed by atoms with Gasteiger partial charge < -0.3 is 14.4 Å². The van der Waals surface area contributed by atoms with Gasteiger partial charge in [0.15, 0.2) is 5.69 Å². The number of nitroso groups, excluding NO2 is 1. The van der Waals surface area contributed by atoms with Crippen molar-refractivity contribution in [1.29, 1.82) is 0 Å². The van der Waals surface area contributed by atoms with E-state index in [1.807, 2.05) is 31.2 Å². The van der Waals surface area contributed by atoms with Crippen LogP contribution in [0.1, 0.15) is 5.56 Å². The minimum atomic E-state index is -0.252. The quantitative estimate of drug-likeness (QED) is 0.613. The van der Waals surface area contributed by atoms with E-state index in [9.17, 15) is 10.0 Å². The molecule has 0 aliphatic carbocycles. The van der Waals surface area contributed by atoms with Gasteiger partial charge in [-0.2, -0.15) is 0 Å². The van der Waals surface area contributed by atoms with Crippen LogP contribution in [0.2, 0.25) is 10.0 Å². The Morgan fingerprint density at radius 1 is 1.25 bits per heavy atom. The summed E-state index contributed by atoms with van der Waals surface area (Å²) in [6.07, 6.45) is 0. The number of para-hydroxylation sites is 1. The minimum Gasteiger partial charge on any atom is -0.493 e. The zero-order valence-electron chi connectivity index (χ0n) is 12.8. The predicted molar refractivity (Wildman–Crippen MR) is 95.8 cm³/mol. The zero-order chi connectivity index (χ0) is 17.3. The van der Waals surface area contributed by atoms with E-state index >= 15 is 0 Å². The average molecular weight is 365 g/mol. The van der Waals surface area contributed by atoms with E-state index < -0.39 is 0 Å². The Kier molecular flexibility index (Phi) is 4.64. The fourth-order valence-electron chi connectivity index (χ4n) is 2.65. The second-order valence-electron chi connectivity index (χ2n) is 5.31. The lowest BCUT2D eigenvalue weighted by Crippen LogP contribution is -2.08. The lowest BCUT2D eigenvalue weighted by Gasteiger charge is -2.11. The van der Waals surface area contributed by atoms with Crippen LogP contribution in [0.25, 0.3) is 10.9 Å². The summed E-state index contributed by atoms with van der Waals surface area (Å²) in [6.45, 7) is 2.54. The second-order valence-corrected chi connectivity index (χ2v) is 6.16. The molecule has 0 aliphatic heterocycles. The Morgan fingerprint density at radius 3 is 2.71 bits per heavy atom. The van der Waals surface area contributed by atoms with E-state index in [0.717, 1.165) is 11.3 Å². The molecule has 24 heavy (non-hydrogen) atoms. The van der Waals surface area contributed by atoms with Crippen LogP contribution >= 0.6 is 23.2 Å². The first-order valence-electron chi connectivity index (χ1n) is 7.25. The smallest absolute Gasteiger partial charge is 0.222 e. The molecule has 0 unspecified atom stereocenters. The number of aromatic nitrogens is 1. The van der Waals surface area contributed by atoms with Crippen molar-refractivity contribution in [3.63, 3.8) is 0 Å². The number of nitrogens with zero attached hydrogens (tertiary/aromatic N) is 2. The lowest BCUT2D eigenvalue weighted by atomic mass is 10.2. The highest BCUT2D eigenvalue weighted by atomic mass is 35.5. The van der Waals surface area contributed by atoms with Crippen LogP contribution in [0, 0.1) is 11.8 Å². The third-order valence-corrected chi connectivity index (χ3v) is 4.28. The van der Waals surface area contributed by atoms with Crippen molar-refractivity contribution >= 4 is 39.8 Å². The minimum absolute atomic E-state index is 0.0784. The highest BCUT2D eigenvalue weighted by Gasteiger charge is 2.20. The summed E-state index contributed by atoms with van der Waals surface area (Å²) >= 11 is 12.2. The van der Waals surface area contributed by atoms with Crippen molar-refractivity contribution in [2.45, 2.75) is 13.5 Å². The number of ether oxygens (including phenoxy) is 1. The molecule has 1 aromatic heterocycles. The number of halogens is 2. The van der Waals surface area contributed by atoms with Crippen molar-refractivity contribution in [3.8, 4) is 11.6 Å². The number of fused-ring (bicyclic) bond motifs is 1. The van der Waals surface area contributed by atoms with Crippen LogP contribution in [0.5, 0.6) is 11.6 Å². The maximum absolute atomic E-state index is 11.1. The molecular weight excluding hydrogens is 351 g/mol. The number of hydrogen-bond donors (Lipinski definition) is 1. The highest BCUT2D eigenvalue weighted by Crippen LogP contribution is 2.42. The Balaban J connectivity index is 1.93. The summed E-state index contributed by atoms with van der Waals surface area (Å²) in [4.78, 5) is 11.1. The van der Waals surface area contributed by atoms with Crippen LogP contribution < -0.4 is 4.74 Å². The van der Waals surface area contributed by atoms with Gasteiger partial charge >= 0.3 is 0 Å². The molecule has 0 saturated carbocycles. The summed E-state index contributed by atoms with van der Waals surface area (Å²) in [5, 5.41) is 14.3. The van der Waals surface area contributed by atoms with Gasteiger partial charge in [-0.05, 0) is 35.9 Å². The van der Waals surface area contributed by atoms with Crippen LogP contribution in [0.3, 0.4) is 0 Å². The van der Waals surface area contributed by atoms with E-state index in [-0.39, 0.29) is 11.6 Å². The van der Waals surface area contributed by atoms with Crippen LogP contribution in [0.15, 0.2) is 41.6 Å². The molecule has 0 spiro atoms. The number of benzene rings is 2. The fraction of sp³-hybridized carbons (Fsp3) is 0.176. The Hall–Kier alpha value is -2.24. The number of rotatable bonds is 5. The van der Waals surface area contributed by atoms with Gasteiger partial charge in [0.25, 0.3) is 0 Å². The van der Waals surface area contributed by atoms with E-state index in [0.29, 0.717) is 34.1 Å². The van der Waals surface area contributed by atoms with Gasteiger partial charge in [0.2, 0.25) is 5.88 Å². The van der Waals surface area contributed by atoms with Gasteiger partial charge in [-0.15, -0.1) is 4.91 Å². The monoisotopic (exact) mass is 364 g/mol. The molecule has 0 atom stereocenters. The Morgan fingerprint density at radius 2 is 2.00 bits per heavy atom. The molecule has 0 aliphatic rings. The molecule has 0 fully saturated rings. The predicted octanol–water partition coefficient (Wildman–Crippen LogP) is 5.44. The molecule has 5 nitrogen and oxygen atoms in total. The normalized spacial score (nSPS) is 11.0. The topological polar surface area (TPSA) is 63.8 Å². The van der Waals surface area contributed by atoms with Gasteiger partial charge in [-0.1, -0.05) is 41.4 Å². The maximum Gasteiger partial charge on any atom is 0.222 e. The van der Waals surface area contributed by atoms with Gasteiger partial charge in [0, 0.05) is 10.4 Å². The standard InChI is InChI=1S/C17H14Cl2N2O3/c1-10-4-2-3-5-14(10)24-7-6-21-16-12(15(20-23)17(21)22)8-11(18)9-13(16)19/h2-5,8-9,22H,6-7H2,1H3. The molecule has 7 heteroatoms. The molecule has 0 amide bonds. The van der Waals surface area contributed by atoms with Crippen molar-refractivity contribution in [1.82, 2.24) is 4.57 Å². The summed E-state index contributed by atoms with van der Waals surface area (Å²) in [5.41, 5.74) is 1.44. The van der Waals surface area contributed by atoms with E-state index in [2.05, 4.69) is 5.18 Å². The molecule has 0 saturated heterocycles. The van der Waals surface area contributed by atoms with Gasteiger partial charge in [-0.25, -0.2) is 0 Å². The number of hydrogen-bond acceptors (Lipinski definition) is 4. The van der Waals surface area contributed by atoms with Crippen LogP contribution in [-0.2, 0) is 6.54 Å². The molecule has 0 bridgehead atoms. The van der Waals surface area contributed by atoms with Crippen LogP contribution in [-0.4, -0.2) is 16.3 Å². The molecule has 3 rings (SSSR count). The second kappa shape index (κ2) is 6.71. The first-order chi connectivity index (χ1) is 11.5. The van der Waals surface area contributed by atoms with Gasteiger partial charge in [-0.3, -0.25) is 0 Å². The van der Waals surface area contributed by atoms with Gasteiger partial charge in [0.05, 0.1) is 17.1 Å². The summed E-state index contributed by atoms with van der Waals surface area (Å²) in [7, 11) is 0. The number of aryl methyl sites for hydroxylation is 1. The highest BCUT2D eigenvalue weighted by molar-refractivity contribution is 6.39. The molecule has 0 radical (unpaired) electrons. The van der Waals surface area contributed by atoms with Crippen molar-refractivity contribution in [3.05, 3.63) is 56.9 Å². The lowest BCUT2D eigenvalue weighted by molar-refractivity contribution is 0.289. The molecule has 2 aromatic carbocycles. The van der Waals surface area contributed by atoms with Crippen molar-refractivity contribution in [2.75, 3.05) is 6.61 Å². The Bertz CT molecular complexity index is 922. The largest absolute Gasteiger partial charge is 0.493 e. The van der Waals surface area contributed by atoms with Crippen molar-refractivity contribution in [2.24, 2.45) is 5.18 Å². The van der Waals surface area contributed by atoms with E-state index in [1.54, 1.807) is 12.1 Å². The molecular formula is C17H14Cl2N2O3. The number of aromatic hydroxyl groups is 1. The van der Waals surface area contributed by atoms with Crippen molar-refractivity contribution < 1.29 is 9.84 Å².